The molecule has 0 heterocycles. The minimum atomic E-state index is -0.646. The van der Waals surface area contributed by atoms with E-state index in [4.69, 9.17) is 0 Å². The van der Waals surface area contributed by atoms with Gasteiger partial charge in [0.2, 0.25) is 0 Å². The molecule has 0 bridgehead atoms. The fraction of sp³-hybridized carbons (Fsp3) is 0.200. The van der Waals surface area contributed by atoms with Gasteiger partial charge < -0.3 is 5.11 Å². The first-order valence-corrected chi connectivity index (χ1v) is 4.20. The molecule has 1 aromatic carbocycles. The Labute approximate surface area is 86.2 Å². The highest BCUT2D eigenvalue weighted by Crippen LogP contribution is 2.27. The predicted molar refractivity (Wildman–Crippen MR) is 50.5 cm³/mol. The number of rotatable bonds is 3. The SMILES string of the molecule is CC(=O)OOc1cccc(O)c1C(C)=O. The molecule has 0 radical (unpaired) electrons. The van der Waals surface area contributed by atoms with E-state index in [0.29, 0.717) is 0 Å². The molecule has 80 valence electrons. The molecule has 5 heteroatoms. The molecule has 0 atom stereocenters. The van der Waals surface area contributed by atoms with Crippen molar-refractivity contribution in [2.75, 3.05) is 0 Å². The zero-order chi connectivity index (χ0) is 11.4. The van der Waals surface area contributed by atoms with Gasteiger partial charge in [-0.3, -0.25) is 14.6 Å². The van der Waals surface area contributed by atoms with Crippen LogP contribution in [-0.2, 0) is 9.68 Å². The van der Waals surface area contributed by atoms with Crippen molar-refractivity contribution < 1.29 is 24.5 Å². The summed E-state index contributed by atoms with van der Waals surface area (Å²) in [6.07, 6.45) is 0. The first-order chi connectivity index (χ1) is 7.02. The maximum Gasteiger partial charge on any atom is 0.352 e. The van der Waals surface area contributed by atoms with Crippen molar-refractivity contribution in [2.45, 2.75) is 13.8 Å². The van der Waals surface area contributed by atoms with Gasteiger partial charge in [-0.05, 0) is 19.1 Å². The summed E-state index contributed by atoms with van der Waals surface area (Å²) in [5.41, 5.74) is -0.0150. The quantitative estimate of drug-likeness (QED) is 0.464. The molecule has 0 unspecified atom stereocenters. The molecule has 1 rings (SSSR count). The fourth-order valence-electron chi connectivity index (χ4n) is 1.05. The van der Waals surface area contributed by atoms with Crippen molar-refractivity contribution in [3.05, 3.63) is 23.8 Å². The Morgan fingerprint density at radius 1 is 1.27 bits per heavy atom. The number of phenolic OH excluding ortho intramolecular Hbond substituents is 1. The normalized spacial score (nSPS) is 9.47. The zero-order valence-electron chi connectivity index (χ0n) is 8.31. The number of carbonyl (C=O) groups excluding carboxylic acids is 2. The van der Waals surface area contributed by atoms with E-state index in [2.05, 4.69) is 9.78 Å². The first-order valence-electron chi connectivity index (χ1n) is 4.20. The smallest absolute Gasteiger partial charge is 0.352 e. The molecule has 5 nitrogen and oxygen atoms in total. The average molecular weight is 210 g/mol. The molecule has 0 aromatic heterocycles. The van der Waals surface area contributed by atoms with Crippen LogP contribution in [0.3, 0.4) is 0 Å². The van der Waals surface area contributed by atoms with E-state index in [9.17, 15) is 14.7 Å². The minimum Gasteiger partial charge on any atom is -0.507 e. The van der Waals surface area contributed by atoms with Gasteiger partial charge in [0.25, 0.3) is 0 Å². The van der Waals surface area contributed by atoms with Crippen LogP contribution in [-0.4, -0.2) is 16.9 Å². The van der Waals surface area contributed by atoms with Crippen LogP contribution in [0.4, 0.5) is 0 Å². The second-order valence-corrected chi connectivity index (χ2v) is 2.86. The topological polar surface area (TPSA) is 72.8 Å². The summed E-state index contributed by atoms with van der Waals surface area (Å²) in [4.78, 5) is 30.5. The maximum atomic E-state index is 11.2. The lowest BCUT2D eigenvalue weighted by molar-refractivity contribution is -0.211. The summed E-state index contributed by atoms with van der Waals surface area (Å²) in [7, 11) is 0. The average Bonchev–Trinajstić information content (AvgIpc) is 2.13. The van der Waals surface area contributed by atoms with Crippen LogP contribution in [0.2, 0.25) is 0 Å². The van der Waals surface area contributed by atoms with E-state index in [1.165, 1.54) is 25.1 Å². The molecule has 1 aromatic rings. The van der Waals surface area contributed by atoms with Crippen molar-refractivity contribution in [2.24, 2.45) is 0 Å². The van der Waals surface area contributed by atoms with E-state index >= 15 is 0 Å². The maximum absolute atomic E-state index is 11.2. The van der Waals surface area contributed by atoms with Crippen LogP contribution < -0.4 is 4.89 Å². The van der Waals surface area contributed by atoms with Gasteiger partial charge in [0.1, 0.15) is 11.3 Å². The zero-order valence-corrected chi connectivity index (χ0v) is 8.31. The van der Waals surface area contributed by atoms with E-state index in [1.54, 1.807) is 0 Å². The molecule has 0 aliphatic heterocycles. The first kappa shape index (κ1) is 11.0. The molecular formula is C10H10O5. The van der Waals surface area contributed by atoms with Crippen molar-refractivity contribution >= 4 is 11.8 Å². The van der Waals surface area contributed by atoms with Crippen molar-refractivity contribution in [1.82, 2.24) is 0 Å². The third-order valence-electron chi connectivity index (χ3n) is 1.61. The van der Waals surface area contributed by atoms with Crippen LogP contribution in [0.5, 0.6) is 11.5 Å². The molecule has 0 aliphatic rings. The van der Waals surface area contributed by atoms with Gasteiger partial charge >= 0.3 is 5.97 Å². The van der Waals surface area contributed by atoms with Gasteiger partial charge in [0.05, 0.1) is 0 Å². The Hall–Kier alpha value is -2.04. The number of aromatic hydroxyl groups is 1. The van der Waals surface area contributed by atoms with Crippen molar-refractivity contribution in [1.29, 1.82) is 0 Å². The largest absolute Gasteiger partial charge is 0.507 e. The Kier molecular flexibility index (Phi) is 3.28. The third kappa shape index (κ3) is 2.70. The minimum absolute atomic E-state index is 0.0118. The Bertz CT molecular complexity index is 397. The summed E-state index contributed by atoms with van der Waals surface area (Å²) < 4.78 is 0. The highest BCUT2D eigenvalue weighted by Gasteiger charge is 2.15. The van der Waals surface area contributed by atoms with E-state index in [0.717, 1.165) is 6.92 Å². The molecule has 0 amide bonds. The molecule has 15 heavy (non-hydrogen) atoms. The van der Waals surface area contributed by atoms with E-state index < -0.39 is 5.97 Å². The number of Topliss-reactive ketones (excluding diaryl/α,β-unsaturated/α-hetero) is 1. The standard InChI is InChI=1S/C10H10O5/c1-6(11)10-8(13)4-3-5-9(10)15-14-7(2)12/h3-5,13H,1-2H3. The van der Waals surface area contributed by atoms with E-state index in [1.807, 2.05) is 0 Å². The molecule has 0 saturated heterocycles. The Balaban J connectivity index is 3.01. The van der Waals surface area contributed by atoms with Gasteiger partial charge in [0.15, 0.2) is 11.5 Å². The van der Waals surface area contributed by atoms with Crippen LogP contribution in [0.25, 0.3) is 0 Å². The van der Waals surface area contributed by atoms with Crippen LogP contribution >= 0.6 is 0 Å². The fourth-order valence-corrected chi connectivity index (χ4v) is 1.05. The second kappa shape index (κ2) is 4.45. The summed E-state index contributed by atoms with van der Waals surface area (Å²) in [5, 5.41) is 9.39. The molecule has 0 spiro atoms. The van der Waals surface area contributed by atoms with Crippen molar-refractivity contribution in [3.63, 3.8) is 0 Å². The lowest BCUT2D eigenvalue weighted by atomic mass is 10.1. The summed E-state index contributed by atoms with van der Waals surface area (Å²) >= 11 is 0. The number of phenols is 1. The van der Waals surface area contributed by atoms with Gasteiger partial charge in [-0.2, -0.15) is 0 Å². The van der Waals surface area contributed by atoms with Crippen LogP contribution in [0.15, 0.2) is 18.2 Å². The Morgan fingerprint density at radius 2 is 1.93 bits per heavy atom. The van der Waals surface area contributed by atoms with Crippen LogP contribution in [0, 0.1) is 0 Å². The predicted octanol–water partition coefficient (Wildman–Crippen LogP) is 1.45. The van der Waals surface area contributed by atoms with Gasteiger partial charge in [-0.1, -0.05) is 6.07 Å². The molecular weight excluding hydrogens is 200 g/mol. The Morgan fingerprint density at radius 3 is 2.47 bits per heavy atom. The molecule has 0 saturated carbocycles. The second-order valence-electron chi connectivity index (χ2n) is 2.86. The number of benzene rings is 1. The van der Waals surface area contributed by atoms with Crippen LogP contribution in [0.1, 0.15) is 24.2 Å². The number of ketones is 1. The summed E-state index contributed by atoms with van der Waals surface area (Å²) in [6.45, 7) is 2.44. The van der Waals surface area contributed by atoms with Gasteiger partial charge in [0, 0.05) is 6.92 Å². The lowest BCUT2D eigenvalue weighted by Gasteiger charge is -2.07. The molecule has 0 aliphatic carbocycles. The monoisotopic (exact) mass is 210 g/mol. The lowest BCUT2D eigenvalue weighted by Crippen LogP contribution is -2.06. The summed E-state index contributed by atoms with van der Waals surface area (Å²) in [5.74, 6) is -1.23. The third-order valence-corrected chi connectivity index (χ3v) is 1.61. The number of carbonyl (C=O) groups is 2. The highest BCUT2D eigenvalue weighted by molar-refractivity contribution is 5.99. The van der Waals surface area contributed by atoms with Gasteiger partial charge in [-0.15, -0.1) is 0 Å². The molecule has 0 fully saturated rings. The highest BCUT2D eigenvalue weighted by atomic mass is 17.2. The van der Waals surface area contributed by atoms with Gasteiger partial charge in [-0.25, -0.2) is 4.79 Å². The molecule has 1 N–H and O–H groups in total. The van der Waals surface area contributed by atoms with E-state index in [-0.39, 0.29) is 22.8 Å². The van der Waals surface area contributed by atoms with Crippen molar-refractivity contribution in [3.8, 4) is 11.5 Å². The number of hydrogen-bond acceptors (Lipinski definition) is 5. The summed E-state index contributed by atoms with van der Waals surface area (Å²) in [6, 6.07) is 4.23. The number of hydrogen-bond donors (Lipinski definition) is 1.